The SMILES string of the molecule is CCNC(=NCC(C)CN1CCCC1)NCC(OC)C(C)(C)C.I. The Hall–Kier alpha value is -0.0800. The molecule has 0 saturated carbocycles. The fourth-order valence-corrected chi connectivity index (χ4v) is 2.99. The lowest BCUT2D eigenvalue weighted by Crippen LogP contribution is -2.45. The van der Waals surface area contributed by atoms with Crippen LogP contribution in [0.3, 0.4) is 0 Å². The number of ether oxygens (including phenoxy) is 1. The zero-order chi connectivity index (χ0) is 17.3. The third-order valence-electron chi connectivity index (χ3n) is 4.38. The van der Waals surface area contributed by atoms with Gasteiger partial charge >= 0.3 is 0 Å². The summed E-state index contributed by atoms with van der Waals surface area (Å²) >= 11 is 0. The second-order valence-electron chi connectivity index (χ2n) is 7.80. The lowest BCUT2D eigenvalue weighted by atomic mass is 9.89. The largest absolute Gasteiger partial charge is 0.379 e. The van der Waals surface area contributed by atoms with E-state index < -0.39 is 0 Å². The van der Waals surface area contributed by atoms with Gasteiger partial charge < -0.3 is 20.3 Å². The summed E-state index contributed by atoms with van der Waals surface area (Å²) in [6.07, 6.45) is 2.87. The maximum absolute atomic E-state index is 5.61. The van der Waals surface area contributed by atoms with E-state index in [1.807, 2.05) is 0 Å². The Morgan fingerprint density at radius 3 is 2.33 bits per heavy atom. The van der Waals surface area contributed by atoms with Crippen molar-refractivity contribution in [1.82, 2.24) is 15.5 Å². The number of nitrogens with zero attached hydrogens (tertiary/aromatic N) is 2. The molecule has 5 nitrogen and oxygen atoms in total. The molecule has 0 aromatic carbocycles. The molecule has 2 unspecified atom stereocenters. The number of guanidine groups is 1. The minimum Gasteiger partial charge on any atom is -0.379 e. The van der Waals surface area contributed by atoms with Crippen molar-refractivity contribution in [2.45, 2.75) is 53.6 Å². The summed E-state index contributed by atoms with van der Waals surface area (Å²) in [4.78, 5) is 7.31. The van der Waals surface area contributed by atoms with Crippen molar-refractivity contribution in [3.05, 3.63) is 0 Å². The van der Waals surface area contributed by atoms with E-state index in [4.69, 9.17) is 9.73 Å². The van der Waals surface area contributed by atoms with Crippen molar-refractivity contribution in [3.63, 3.8) is 0 Å². The molecule has 1 heterocycles. The number of nitrogens with one attached hydrogen (secondary N) is 2. The van der Waals surface area contributed by atoms with Gasteiger partial charge in [0.25, 0.3) is 0 Å². The highest BCUT2D eigenvalue weighted by Crippen LogP contribution is 2.20. The molecular formula is C18H39IN4O. The molecule has 1 aliphatic heterocycles. The number of methoxy groups -OCH3 is 1. The summed E-state index contributed by atoms with van der Waals surface area (Å²) in [6.45, 7) is 17.2. The van der Waals surface area contributed by atoms with Gasteiger partial charge in [-0.25, -0.2) is 0 Å². The molecule has 0 bridgehead atoms. The monoisotopic (exact) mass is 454 g/mol. The average Bonchev–Trinajstić information content (AvgIpc) is 2.96. The van der Waals surface area contributed by atoms with Gasteiger partial charge in [0.2, 0.25) is 0 Å². The molecule has 0 radical (unpaired) electrons. The summed E-state index contributed by atoms with van der Waals surface area (Å²) < 4.78 is 5.61. The summed E-state index contributed by atoms with van der Waals surface area (Å²) in [6, 6.07) is 0. The Morgan fingerprint density at radius 2 is 1.83 bits per heavy atom. The highest BCUT2D eigenvalue weighted by Gasteiger charge is 2.24. The third kappa shape index (κ3) is 9.42. The standard InChI is InChI=1S/C18H38N4O.HI/c1-7-19-17(21-13-16(23-6)18(3,4)5)20-12-15(2)14-22-10-8-9-11-22;/h15-16H,7-14H2,1-6H3,(H2,19,20,21);1H. The van der Waals surface area contributed by atoms with Crippen molar-refractivity contribution in [1.29, 1.82) is 0 Å². The first kappa shape index (κ1) is 23.9. The molecule has 0 amide bonds. The molecule has 24 heavy (non-hydrogen) atoms. The van der Waals surface area contributed by atoms with E-state index in [-0.39, 0.29) is 35.5 Å². The van der Waals surface area contributed by atoms with E-state index in [1.165, 1.54) is 25.9 Å². The molecule has 0 aromatic heterocycles. The Morgan fingerprint density at radius 1 is 1.21 bits per heavy atom. The fraction of sp³-hybridized carbons (Fsp3) is 0.944. The van der Waals surface area contributed by atoms with Gasteiger partial charge in [-0.15, -0.1) is 24.0 Å². The van der Waals surface area contributed by atoms with Crippen LogP contribution in [0, 0.1) is 11.3 Å². The van der Waals surface area contributed by atoms with Crippen LogP contribution in [-0.4, -0.2) is 63.3 Å². The topological polar surface area (TPSA) is 48.9 Å². The van der Waals surface area contributed by atoms with Crippen molar-refractivity contribution < 1.29 is 4.74 Å². The second kappa shape index (κ2) is 12.3. The Kier molecular flexibility index (Phi) is 12.3. The third-order valence-corrected chi connectivity index (χ3v) is 4.38. The predicted octanol–water partition coefficient (Wildman–Crippen LogP) is 2.95. The highest BCUT2D eigenvalue weighted by molar-refractivity contribution is 14.0. The maximum Gasteiger partial charge on any atom is 0.191 e. The smallest absolute Gasteiger partial charge is 0.191 e. The summed E-state index contributed by atoms with van der Waals surface area (Å²) in [5.41, 5.74) is 0.113. The molecule has 1 fully saturated rings. The Labute approximate surface area is 166 Å². The van der Waals surface area contributed by atoms with Crippen molar-refractivity contribution in [2.75, 3.05) is 46.4 Å². The number of aliphatic imine (C=N–C) groups is 1. The Bertz CT molecular complexity index is 351. The van der Waals surface area contributed by atoms with E-state index in [2.05, 4.69) is 50.2 Å². The molecular weight excluding hydrogens is 415 g/mol. The van der Waals surface area contributed by atoms with Crippen molar-refractivity contribution in [2.24, 2.45) is 16.3 Å². The van der Waals surface area contributed by atoms with E-state index >= 15 is 0 Å². The van der Waals surface area contributed by atoms with Crippen molar-refractivity contribution in [3.8, 4) is 0 Å². The first-order valence-corrected chi connectivity index (χ1v) is 9.14. The van der Waals surface area contributed by atoms with Gasteiger partial charge in [-0.1, -0.05) is 27.7 Å². The number of halogens is 1. The highest BCUT2D eigenvalue weighted by atomic mass is 127. The van der Waals surface area contributed by atoms with E-state index in [1.54, 1.807) is 7.11 Å². The molecule has 1 rings (SSSR count). The molecule has 0 spiro atoms. The van der Waals surface area contributed by atoms with Gasteiger partial charge in [0.15, 0.2) is 5.96 Å². The quantitative estimate of drug-likeness (QED) is 0.337. The van der Waals surface area contributed by atoms with Gasteiger partial charge in [-0.2, -0.15) is 0 Å². The first-order chi connectivity index (χ1) is 10.9. The summed E-state index contributed by atoms with van der Waals surface area (Å²) in [5, 5.41) is 6.76. The van der Waals surface area contributed by atoms with Crippen LogP contribution in [0.15, 0.2) is 4.99 Å². The summed E-state index contributed by atoms with van der Waals surface area (Å²) in [7, 11) is 1.78. The number of hydrogen-bond acceptors (Lipinski definition) is 3. The van der Waals surface area contributed by atoms with Crippen LogP contribution in [0.4, 0.5) is 0 Å². The van der Waals surface area contributed by atoms with E-state index in [0.717, 1.165) is 32.1 Å². The molecule has 2 atom stereocenters. The van der Waals surface area contributed by atoms with Gasteiger partial charge in [-0.3, -0.25) is 4.99 Å². The van der Waals surface area contributed by atoms with Crippen LogP contribution in [0.25, 0.3) is 0 Å². The molecule has 0 aromatic rings. The van der Waals surface area contributed by atoms with Crippen LogP contribution >= 0.6 is 24.0 Å². The first-order valence-electron chi connectivity index (χ1n) is 9.14. The van der Waals surface area contributed by atoms with Crippen LogP contribution in [-0.2, 0) is 4.74 Å². The van der Waals surface area contributed by atoms with Gasteiger partial charge in [0.1, 0.15) is 0 Å². The zero-order valence-corrected chi connectivity index (χ0v) is 18.9. The van der Waals surface area contributed by atoms with Crippen LogP contribution in [0.2, 0.25) is 0 Å². The molecule has 1 aliphatic rings. The summed E-state index contributed by atoms with van der Waals surface area (Å²) in [5.74, 6) is 1.48. The fourth-order valence-electron chi connectivity index (χ4n) is 2.99. The van der Waals surface area contributed by atoms with Gasteiger partial charge in [-0.05, 0) is 44.2 Å². The minimum atomic E-state index is 0. The lowest BCUT2D eigenvalue weighted by Gasteiger charge is -2.30. The molecule has 2 N–H and O–H groups in total. The molecule has 1 saturated heterocycles. The second-order valence-corrected chi connectivity index (χ2v) is 7.80. The van der Waals surface area contributed by atoms with Crippen LogP contribution in [0.5, 0.6) is 0 Å². The number of rotatable bonds is 8. The van der Waals surface area contributed by atoms with E-state index in [9.17, 15) is 0 Å². The lowest BCUT2D eigenvalue weighted by molar-refractivity contribution is 0.0205. The maximum atomic E-state index is 5.61. The molecule has 0 aliphatic carbocycles. The Balaban J connectivity index is 0.00000529. The molecule has 144 valence electrons. The van der Waals surface area contributed by atoms with Crippen molar-refractivity contribution >= 4 is 29.9 Å². The average molecular weight is 454 g/mol. The van der Waals surface area contributed by atoms with E-state index in [0.29, 0.717) is 5.92 Å². The predicted molar refractivity (Wildman–Crippen MR) is 114 cm³/mol. The van der Waals surface area contributed by atoms with Crippen LogP contribution < -0.4 is 10.6 Å². The van der Waals surface area contributed by atoms with Gasteiger partial charge in [0.05, 0.1) is 6.10 Å². The molecule has 6 heteroatoms. The zero-order valence-electron chi connectivity index (χ0n) is 16.5. The van der Waals surface area contributed by atoms with Crippen LogP contribution in [0.1, 0.15) is 47.5 Å². The minimum absolute atomic E-state index is 0. The number of hydrogen-bond donors (Lipinski definition) is 2. The number of likely N-dealkylation sites (tertiary alicyclic amines) is 1. The van der Waals surface area contributed by atoms with Gasteiger partial charge in [0, 0.05) is 33.3 Å². The normalized spacial score (nSPS) is 18.8.